The summed E-state index contributed by atoms with van der Waals surface area (Å²) in [6, 6.07) is 17.9. The summed E-state index contributed by atoms with van der Waals surface area (Å²) < 4.78 is 11.3. The second-order valence-electron chi connectivity index (χ2n) is 6.66. The molecule has 0 radical (unpaired) electrons. The lowest BCUT2D eigenvalue weighted by Crippen LogP contribution is -2.49. The van der Waals surface area contributed by atoms with E-state index in [1.54, 1.807) is 6.08 Å². The summed E-state index contributed by atoms with van der Waals surface area (Å²) in [5.41, 5.74) is 2.11. The van der Waals surface area contributed by atoms with Gasteiger partial charge in [0.2, 0.25) is 5.91 Å². The molecule has 0 spiro atoms. The average molecular weight is 351 g/mol. The van der Waals surface area contributed by atoms with Crippen LogP contribution in [-0.2, 0) is 16.1 Å². The Balaban J connectivity index is 1.55. The highest BCUT2D eigenvalue weighted by atomic mass is 16.5. The molecule has 1 heterocycles. The van der Waals surface area contributed by atoms with E-state index in [1.807, 2.05) is 79.4 Å². The second kappa shape index (κ2) is 8.68. The van der Waals surface area contributed by atoms with Gasteiger partial charge in [0, 0.05) is 12.6 Å². The molecule has 1 aliphatic heterocycles. The first-order chi connectivity index (χ1) is 12.6. The van der Waals surface area contributed by atoms with Gasteiger partial charge in [0.25, 0.3) is 0 Å². The van der Waals surface area contributed by atoms with Gasteiger partial charge in [-0.2, -0.15) is 0 Å². The highest BCUT2D eigenvalue weighted by Crippen LogP contribution is 2.16. The van der Waals surface area contributed by atoms with Crippen molar-refractivity contribution in [3.8, 4) is 5.75 Å². The molecule has 0 aromatic heterocycles. The molecule has 0 bridgehead atoms. The van der Waals surface area contributed by atoms with E-state index >= 15 is 0 Å². The third-order valence-electron chi connectivity index (χ3n) is 4.44. The standard InChI is InChI=1S/C22H25NO3/c1-17-15-25-18(2)14-23(17)22(24)13-10-19-8-11-21(12-9-19)26-16-20-6-4-3-5-7-20/h3-13,17-18H,14-16H2,1-2H3/b13-10+. The molecule has 26 heavy (non-hydrogen) atoms. The van der Waals surface area contributed by atoms with E-state index in [1.165, 1.54) is 0 Å². The molecule has 0 aliphatic carbocycles. The third-order valence-corrected chi connectivity index (χ3v) is 4.44. The number of amides is 1. The van der Waals surface area contributed by atoms with Gasteiger partial charge < -0.3 is 14.4 Å². The van der Waals surface area contributed by atoms with Crippen LogP contribution in [0.1, 0.15) is 25.0 Å². The molecule has 1 amide bonds. The first kappa shape index (κ1) is 18.2. The fraction of sp³-hybridized carbons (Fsp3) is 0.318. The van der Waals surface area contributed by atoms with Crippen molar-refractivity contribution in [3.63, 3.8) is 0 Å². The van der Waals surface area contributed by atoms with E-state index in [0.29, 0.717) is 19.8 Å². The number of carbonyl (C=O) groups is 1. The summed E-state index contributed by atoms with van der Waals surface area (Å²) in [7, 11) is 0. The number of morpholine rings is 1. The lowest BCUT2D eigenvalue weighted by molar-refractivity contribution is -0.137. The smallest absolute Gasteiger partial charge is 0.246 e. The fourth-order valence-corrected chi connectivity index (χ4v) is 2.89. The molecule has 1 fully saturated rings. The van der Waals surface area contributed by atoms with Crippen molar-refractivity contribution < 1.29 is 14.3 Å². The summed E-state index contributed by atoms with van der Waals surface area (Å²) in [5, 5.41) is 0. The van der Waals surface area contributed by atoms with Crippen molar-refractivity contribution in [3.05, 3.63) is 71.8 Å². The first-order valence-corrected chi connectivity index (χ1v) is 8.99. The van der Waals surface area contributed by atoms with Crippen LogP contribution in [0.25, 0.3) is 6.08 Å². The molecule has 2 unspecified atom stereocenters. The van der Waals surface area contributed by atoms with Crippen LogP contribution in [0.15, 0.2) is 60.7 Å². The van der Waals surface area contributed by atoms with Crippen molar-refractivity contribution >= 4 is 12.0 Å². The predicted molar refractivity (Wildman–Crippen MR) is 103 cm³/mol. The minimum Gasteiger partial charge on any atom is -0.489 e. The van der Waals surface area contributed by atoms with Gasteiger partial charge in [0.15, 0.2) is 0 Å². The SMILES string of the molecule is CC1CN(C(=O)/C=C/c2ccc(OCc3ccccc3)cc2)C(C)CO1. The molecule has 2 atom stereocenters. The van der Waals surface area contributed by atoms with Gasteiger partial charge in [0.1, 0.15) is 12.4 Å². The van der Waals surface area contributed by atoms with E-state index in [-0.39, 0.29) is 18.1 Å². The molecular formula is C22H25NO3. The fourth-order valence-electron chi connectivity index (χ4n) is 2.89. The average Bonchev–Trinajstić information content (AvgIpc) is 2.68. The Hall–Kier alpha value is -2.59. The number of carbonyl (C=O) groups excluding carboxylic acids is 1. The van der Waals surface area contributed by atoms with Gasteiger partial charge in [-0.15, -0.1) is 0 Å². The van der Waals surface area contributed by atoms with E-state index < -0.39 is 0 Å². The first-order valence-electron chi connectivity index (χ1n) is 8.99. The van der Waals surface area contributed by atoms with Crippen molar-refractivity contribution in [2.24, 2.45) is 0 Å². The van der Waals surface area contributed by atoms with Crippen molar-refractivity contribution in [1.82, 2.24) is 4.90 Å². The lowest BCUT2D eigenvalue weighted by atomic mass is 10.1. The van der Waals surface area contributed by atoms with Crippen molar-refractivity contribution in [2.75, 3.05) is 13.2 Å². The van der Waals surface area contributed by atoms with E-state index in [9.17, 15) is 4.79 Å². The minimum absolute atomic E-state index is 0.0251. The molecule has 0 N–H and O–H groups in total. The van der Waals surface area contributed by atoms with Gasteiger partial charge in [-0.1, -0.05) is 42.5 Å². The number of rotatable bonds is 5. The van der Waals surface area contributed by atoms with Crippen molar-refractivity contribution in [2.45, 2.75) is 32.6 Å². The molecule has 3 rings (SSSR count). The largest absolute Gasteiger partial charge is 0.489 e. The molecule has 1 aliphatic rings. The summed E-state index contributed by atoms with van der Waals surface area (Å²) in [5.74, 6) is 0.838. The normalized spacial score (nSPS) is 20.3. The summed E-state index contributed by atoms with van der Waals surface area (Å²) >= 11 is 0. The van der Waals surface area contributed by atoms with Gasteiger partial charge in [-0.25, -0.2) is 0 Å². The molecule has 2 aromatic rings. The van der Waals surface area contributed by atoms with Gasteiger partial charge >= 0.3 is 0 Å². The lowest BCUT2D eigenvalue weighted by Gasteiger charge is -2.36. The zero-order valence-electron chi connectivity index (χ0n) is 15.3. The highest BCUT2D eigenvalue weighted by molar-refractivity contribution is 5.92. The van der Waals surface area contributed by atoms with Crippen LogP contribution < -0.4 is 4.74 Å². The van der Waals surface area contributed by atoms with Crippen LogP contribution in [-0.4, -0.2) is 36.1 Å². The van der Waals surface area contributed by atoms with E-state index in [2.05, 4.69) is 0 Å². The monoisotopic (exact) mass is 351 g/mol. The maximum Gasteiger partial charge on any atom is 0.246 e. The molecular weight excluding hydrogens is 326 g/mol. The number of ether oxygens (including phenoxy) is 2. The summed E-state index contributed by atoms with van der Waals surface area (Å²) in [6.07, 6.45) is 3.56. The van der Waals surface area contributed by atoms with Crippen LogP contribution in [0, 0.1) is 0 Å². The molecule has 136 valence electrons. The second-order valence-corrected chi connectivity index (χ2v) is 6.66. The molecule has 4 heteroatoms. The topological polar surface area (TPSA) is 38.8 Å². The molecule has 0 saturated carbocycles. The van der Waals surface area contributed by atoms with Gasteiger partial charge in [-0.3, -0.25) is 4.79 Å². The Morgan fingerprint density at radius 2 is 1.88 bits per heavy atom. The van der Waals surface area contributed by atoms with E-state index in [0.717, 1.165) is 16.9 Å². The molecule has 2 aromatic carbocycles. The van der Waals surface area contributed by atoms with Crippen LogP contribution in [0.2, 0.25) is 0 Å². The Kier molecular flexibility index (Phi) is 6.08. The Morgan fingerprint density at radius 3 is 2.62 bits per heavy atom. The highest BCUT2D eigenvalue weighted by Gasteiger charge is 2.25. The Morgan fingerprint density at radius 1 is 1.15 bits per heavy atom. The van der Waals surface area contributed by atoms with E-state index in [4.69, 9.17) is 9.47 Å². The maximum absolute atomic E-state index is 12.4. The quantitative estimate of drug-likeness (QED) is 0.767. The number of hydrogen-bond acceptors (Lipinski definition) is 3. The Bertz CT molecular complexity index is 740. The number of benzene rings is 2. The maximum atomic E-state index is 12.4. The van der Waals surface area contributed by atoms with Gasteiger partial charge in [0.05, 0.1) is 18.8 Å². The molecule has 4 nitrogen and oxygen atoms in total. The van der Waals surface area contributed by atoms with Crippen LogP contribution >= 0.6 is 0 Å². The zero-order valence-corrected chi connectivity index (χ0v) is 15.3. The van der Waals surface area contributed by atoms with Crippen LogP contribution in [0.5, 0.6) is 5.75 Å². The zero-order chi connectivity index (χ0) is 18.4. The summed E-state index contributed by atoms with van der Waals surface area (Å²) in [4.78, 5) is 14.3. The predicted octanol–water partition coefficient (Wildman–Crippen LogP) is 3.91. The minimum atomic E-state index is 0.0251. The summed E-state index contributed by atoms with van der Waals surface area (Å²) in [6.45, 7) is 5.77. The number of hydrogen-bond donors (Lipinski definition) is 0. The van der Waals surface area contributed by atoms with Crippen LogP contribution in [0.4, 0.5) is 0 Å². The third kappa shape index (κ3) is 4.96. The van der Waals surface area contributed by atoms with Crippen molar-refractivity contribution in [1.29, 1.82) is 0 Å². The van der Waals surface area contributed by atoms with Gasteiger partial charge in [-0.05, 0) is 43.2 Å². The van der Waals surface area contributed by atoms with Crippen LogP contribution in [0.3, 0.4) is 0 Å². The number of nitrogens with zero attached hydrogens (tertiary/aromatic N) is 1. The Labute approximate surface area is 155 Å². The molecule has 1 saturated heterocycles.